The first-order chi connectivity index (χ1) is 19.7. The molecular formula is C30H37N5O7. The molecule has 12 nitrogen and oxygen atoms in total. The van der Waals surface area contributed by atoms with Crippen LogP contribution in [0.15, 0.2) is 24.4 Å². The van der Waals surface area contributed by atoms with E-state index < -0.39 is 64.4 Å². The molecule has 1 aromatic heterocycles. The molecule has 2 fully saturated rings. The number of aromatic hydroxyl groups is 1. The fraction of sp³-hybridized carbons (Fsp3) is 0.500. The van der Waals surface area contributed by atoms with Gasteiger partial charge >= 0.3 is 0 Å². The second-order valence-corrected chi connectivity index (χ2v) is 12.2. The average Bonchev–Trinajstić information content (AvgIpc) is 3.31. The van der Waals surface area contributed by atoms with Crippen LogP contribution in [0.25, 0.3) is 0 Å². The lowest BCUT2D eigenvalue weighted by Crippen LogP contribution is -2.74. The van der Waals surface area contributed by atoms with Crippen LogP contribution in [0.5, 0.6) is 5.75 Å². The third-order valence-corrected chi connectivity index (χ3v) is 9.27. The van der Waals surface area contributed by atoms with Crippen LogP contribution in [-0.4, -0.2) is 88.6 Å². The number of anilines is 1. The fourth-order valence-electron chi connectivity index (χ4n) is 7.25. The van der Waals surface area contributed by atoms with Gasteiger partial charge in [-0.15, -0.1) is 0 Å². The maximum absolute atomic E-state index is 14.1. The van der Waals surface area contributed by atoms with E-state index in [0.717, 1.165) is 5.69 Å². The van der Waals surface area contributed by atoms with Gasteiger partial charge in [-0.3, -0.25) is 28.9 Å². The van der Waals surface area contributed by atoms with E-state index in [0.29, 0.717) is 23.4 Å². The molecule has 3 aliphatic rings. The molecule has 2 saturated carbocycles. The average molecular weight is 580 g/mol. The Labute approximate surface area is 243 Å². The number of aryl methyl sites for hydroxylation is 1. The zero-order valence-corrected chi connectivity index (χ0v) is 24.4. The number of likely N-dealkylation sites (N-methyl/N-ethyl adjacent to an activating group) is 1. The molecule has 5 rings (SSSR count). The van der Waals surface area contributed by atoms with Gasteiger partial charge in [-0.25, -0.2) is 0 Å². The van der Waals surface area contributed by atoms with Crippen molar-refractivity contribution in [3.8, 4) is 5.75 Å². The molecule has 0 aliphatic heterocycles. The van der Waals surface area contributed by atoms with E-state index >= 15 is 0 Å². The Bertz CT molecular complexity index is 1510. The maximum atomic E-state index is 14.1. The molecule has 0 saturated heterocycles. The van der Waals surface area contributed by atoms with Crippen LogP contribution >= 0.6 is 0 Å². The summed E-state index contributed by atoms with van der Waals surface area (Å²) in [7, 11) is 8.68. The quantitative estimate of drug-likeness (QED) is 0.315. The van der Waals surface area contributed by atoms with Gasteiger partial charge in [0, 0.05) is 63.3 Å². The molecule has 6 atom stereocenters. The highest BCUT2D eigenvalue weighted by atomic mass is 16.3. The Kier molecular flexibility index (Phi) is 7.36. The molecule has 224 valence electrons. The van der Waals surface area contributed by atoms with Gasteiger partial charge < -0.3 is 30.7 Å². The summed E-state index contributed by atoms with van der Waals surface area (Å²) in [5.74, 6) is -10.5. The van der Waals surface area contributed by atoms with Crippen molar-refractivity contribution in [3.05, 3.63) is 46.8 Å². The van der Waals surface area contributed by atoms with E-state index in [1.54, 1.807) is 14.1 Å². The fourth-order valence-corrected chi connectivity index (χ4v) is 7.25. The highest BCUT2D eigenvalue weighted by Crippen LogP contribution is 2.52. The second-order valence-electron chi connectivity index (χ2n) is 12.2. The number of phenols is 1. The summed E-state index contributed by atoms with van der Waals surface area (Å²) in [4.78, 5) is 70.4. The number of carbonyl (C=O) groups is 5. The number of nitrogens with two attached hydrogens (primary N) is 1. The number of fused-ring (bicyclic) bond motifs is 3. The second kappa shape index (κ2) is 10.4. The number of nitrogens with zero attached hydrogens (tertiary/aromatic N) is 3. The number of phenolic OH excluding ortho intramolecular Hbond substituents is 1. The molecule has 1 aromatic carbocycles. The van der Waals surface area contributed by atoms with Crippen molar-refractivity contribution in [2.75, 3.05) is 33.1 Å². The number of hydrogen-bond donors (Lipinski definition) is 4. The largest absolute Gasteiger partial charge is 0.507 e. The number of aromatic nitrogens is 1. The number of amides is 1. The highest BCUT2D eigenvalue weighted by Gasteiger charge is 2.69. The van der Waals surface area contributed by atoms with Gasteiger partial charge in [0.05, 0.1) is 17.5 Å². The Balaban J connectivity index is 1.56. The van der Waals surface area contributed by atoms with Crippen molar-refractivity contribution >= 4 is 34.7 Å². The molecular weight excluding hydrogens is 542 g/mol. The molecule has 42 heavy (non-hydrogen) atoms. The Morgan fingerprint density at radius 1 is 1.14 bits per heavy atom. The van der Waals surface area contributed by atoms with Crippen LogP contribution < -0.4 is 16.0 Å². The lowest BCUT2D eigenvalue weighted by Gasteiger charge is -2.52. The minimum Gasteiger partial charge on any atom is -0.507 e. The number of nitrogens with one attached hydrogen (secondary N) is 1. The van der Waals surface area contributed by atoms with E-state index in [1.807, 2.05) is 55.0 Å². The highest BCUT2D eigenvalue weighted by molar-refractivity contribution is 6.32. The third kappa shape index (κ3) is 4.27. The third-order valence-electron chi connectivity index (χ3n) is 9.27. The van der Waals surface area contributed by atoms with Crippen LogP contribution in [-0.2, 0) is 45.7 Å². The Hall–Kier alpha value is -3.87. The summed E-state index contributed by atoms with van der Waals surface area (Å²) in [6.07, 6.45) is 2.15. The van der Waals surface area contributed by atoms with Crippen molar-refractivity contribution < 1.29 is 34.2 Å². The minimum absolute atomic E-state index is 0.0107. The Morgan fingerprint density at radius 3 is 2.40 bits per heavy atom. The van der Waals surface area contributed by atoms with Gasteiger partial charge in [0.15, 0.2) is 34.7 Å². The Morgan fingerprint density at radius 2 is 1.83 bits per heavy atom. The zero-order chi connectivity index (χ0) is 30.8. The van der Waals surface area contributed by atoms with E-state index in [1.165, 1.54) is 4.90 Å². The SMILES string of the molecule is CN(C)c1cc(CNCc2cccn2C)c(O)c2c1C[C@H]1C[C@H]3[C@H](N(C)C)C(=O)C(C(N)=O)C(=O)[C@@]3(O)C(=O)C1C2=O. The molecule has 12 heteroatoms. The first-order valence-corrected chi connectivity index (χ1v) is 13.9. The van der Waals surface area contributed by atoms with E-state index in [-0.39, 0.29) is 30.7 Å². The van der Waals surface area contributed by atoms with Crippen LogP contribution in [0, 0.1) is 23.7 Å². The van der Waals surface area contributed by atoms with Crippen molar-refractivity contribution in [2.24, 2.45) is 36.5 Å². The number of Topliss-reactive ketones (excluding diaryl/α,β-unsaturated/α-hetero) is 4. The number of carbonyl (C=O) groups excluding carboxylic acids is 5. The van der Waals surface area contributed by atoms with Crippen molar-refractivity contribution in [1.82, 2.24) is 14.8 Å². The van der Waals surface area contributed by atoms with Gasteiger partial charge in [0.1, 0.15) is 5.75 Å². The molecule has 2 unspecified atom stereocenters. The summed E-state index contributed by atoms with van der Waals surface area (Å²) in [5, 5.41) is 26.4. The minimum atomic E-state index is -2.74. The number of ketones is 4. The number of aliphatic hydroxyl groups is 1. The van der Waals surface area contributed by atoms with Crippen molar-refractivity contribution in [3.63, 3.8) is 0 Å². The van der Waals surface area contributed by atoms with Crippen LogP contribution in [0.4, 0.5) is 5.69 Å². The first kappa shape index (κ1) is 29.6. The normalized spacial score (nSPS) is 28.9. The predicted octanol–water partition coefficient (Wildman–Crippen LogP) is -0.439. The number of primary amides is 1. The first-order valence-electron chi connectivity index (χ1n) is 13.9. The predicted molar refractivity (Wildman–Crippen MR) is 152 cm³/mol. The van der Waals surface area contributed by atoms with Crippen LogP contribution in [0.2, 0.25) is 0 Å². The summed E-state index contributed by atoms with van der Waals surface area (Å²) in [6, 6.07) is 4.57. The lowest BCUT2D eigenvalue weighted by molar-refractivity contribution is -0.181. The summed E-state index contributed by atoms with van der Waals surface area (Å²) < 4.78 is 1.96. The van der Waals surface area contributed by atoms with Crippen molar-refractivity contribution in [1.29, 1.82) is 0 Å². The standard InChI is InChI=1S/C30H37N5O7/c1-33(2)19-11-15(12-32-13-16-7-6-8-35(16)5)24(36)21-17(19)9-14-10-18-23(34(3)4)26(38)22(29(31)41)28(40)30(18,42)27(39)20(14)25(21)37/h6-8,11,14,18,20,22-23,32,36,42H,9-10,12-13H2,1-5H3,(H2,31,41)/t14-,18-,20?,22?,23-,30-/m0/s1. The molecule has 0 bridgehead atoms. The molecule has 0 spiro atoms. The van der Waals surface area contributed by atoms with Crippen molar-refractivity contribution in [2.45, 2.75) is 37.6 Å². The topological polar surface area (TPSA) is 175 Å². The number of hydrogen-bond acceptors (Lipinski definition) is 10. The van der Waals surface area contributed by atoms with Gasteiger partial charge in [-0.2, -0.15) is 0 Å². The monoisotopic (exact) mass is 579 g/mol. The zero-order valence-electron chi connectivity index (χ0n) is 24.4. The smallest absolute Gasteiger partial charge is 0.235 e. The van der Waals surface area contributed by atoms with E-state index in [4.69, 9.17) is 5.73 Å². The summed E-state index contributed by atoms with van der Waals surface area (Å²) in [6.45, 7) is 0.746. The van der Waals surface area contributed by atoms with E-state index in [9.17, 15) is 34.2 Å². The van der Waals surface area contributed by atoms with Gasteiger partial charge in [0.25, 0.3) is 0 Å². The molecule has 2 aromatic rings. The maximum Gasteiger partial charge on any atom is 0.235 e. The molecule has 1 heterocycles. The number of benzene rings is 1. The molecule has 5 N–H and O–H groups in total. The van der Waals surface area contributed by atoms with Crippen LogP contribution in [0.1, 0.15) is 33.6 Å². The van der Waals surface area contributed by atoms with Crippen LogP contribution in [0.3, 0.4) is 0 Å². The molecule has 0 radical (unpaired) electrons. The van der Waals surface area contributed by atoms with Gasteiger partial charge in [0.2, 0.25) is 5.91 Å². The lowest BCUT2D eigenvalue weighted by atomic mass is 9.52. The molecule has 3 aliphatic carbocycles. The summed E-state index contributed by atoms with van der Waals surface area (Å²) in [5.41, 5.74) is 5.38. The molecule has 1 amide bonds. The van der Waals surface area contributed by atoms with E-state index in [2.05, 4.69) is 5.32 Å². The number of rotatable bonds is 7. The summed E-state index contributed by atoms with van der Waals surface area (Å²) >= 11 is 0. The van der Waals surface area contributed by atoms with Gasteiger partial charge in [-0.1, -0.05) is 0 Å². The van der Waals surface area contributed by atoms with Gasteiger partial charge in [-0.05, 0) is 56.6 Å².